The van der Waals surface area contributed by atoms with Crippen LogP contribution in [0.1, 0.15) is 53.0 Å². The number of benzene rings is 1. The number of methoxy groups -OCH3 is 3. The minimum atomic E-state index is -0.554. The summed E-state index contributed by atoms with van der Waals surface area (Å²) in [5.41, 5.74) is 0.684. The summed E-state index contributed by atoms with van der Waals surface area (Å²) in [6, 6.07) is 6.70. The lowest BCUT2D eigenvalue weighted by Crippen LogP contribution is -2.21. The minimum Gasteiger partial charge on any atom is -0.496 e. The summed E-state index contributed by atoms with van der Waals surface area (Å²) in [7, 11) is 4.36. The molecule has 0 saturated heterocycles. The van der Waals surface area contributed by atoms with Crippen LogP contribution in [0.2, 0.25) is 0 Å². The Balaban J connectivity index is 2.45. The molecule has 0 spiro atoms. The average Bonchev–Trinajstić information content (AvgIpc) is 3.07. The average molecular weight is 360 g/mol. The van der Waals surface area contributed by atoms with E-state index in [2.05, 4.69) is 4.74 Å². The molecule has 1 aromatic carbocycles. The maximum absolute atomic E-state index is 12.8. The number of hydrogen-bond acceptors (Lipinski definition) is 6. The molecular formula is C20H24O6. The zero-order valence-electron chi connectivity index (χ0n) is 16.0. The molecular weight excluding hydrogens is 336 g/mol. The zero-order chi connectivity index (χ0) is 19.5. The Morgan fingerprint density at radius 2 is 1.65 bits per heavy atom. The van der Waals surface area contributed by atoms with E-state index in [9.17, 15) is 9.59 Å². The highest BCUT2D eigenvalue weighted by Gasteiger charge is 2.27. The van der Waals surface area contributed by atoms with Crippen molar-refractivity contribution in [2.45, 2.75) is 27.2 Å². The summed E-state index contributed by atoms with van der Waals surface area (Å²) in [5, 5.41) is 0. The van der Waals surface area contributed by atoms with Crippen LogP contribution < -0.4 is 9.47 Å². The van der Waals surface area contributed by atoms with Gasteiger partial charge in [-0.1, -0.05) is 20.8 Å². The summed E-state index contributed by atoms with van der Waals surface area (Å²) >= 11 is 0. The quantitative estimate of drug-likeness (QED) is 0.574. The second-order valence-corrected chi connectivity index (χ2v) is 6.88. The number of ketones is 1. The van der Waals surface area contributed by atoms with E-state index in [0.717, 1.165) is 5.56 Å². The van der Waals surface area contributed by atoms with Crippen LogP contribution in [0.15, 0.2) is 28.7 Å². The number of esters is 1. The van der Waals surface area contributed by atoms with Gasteiger partial charge in [-0.05, 0) is 18.2 Å². The van der Waals surface area contributed by atoms with Gasteiger partial charge in [0.1, 0.15) is 17.3 Å². The van der Waals surface area contributed by atoms with Crippen molar-refractivity contribution < 1.29 is 28.2 Å². The molecule has 0 aliphatic carbocycles. The van der Waals surface area contributed by atoms with E-state index in [1.807, 2.05) is 20.8 Å². The maximum Gasteiger partial charge on any atom is 0.373 e. The van der Waals surface area contributed by atoms with E-state index >= 15 is 0 Å². The third kappa shape index (κ3) is 4.07. The van der Waals surface area contributed by atoms with Gasteiger partial charge in [0.05, 0.1) is 26.9 Å². The molecule has 0 aliphatic rings. The number of rotatable bonds is 6. The van der Waals surface area contributed by atoms with Crippen molar-refractivity contribution in [3.8, 4) is 11.5 Å². The van der Waals surface area contributed by atoms with E-state index < -0.39 is 11.4 Å². The van der Waals surface area contributed by atoms with Gasteiger partial charge in [0.2, 0.25) is 5.76 Å². The molecule has 0 unspecified atom stereocenters. The van der Waals surface area contributed by atoms with Gasteiger partial charge in [-0.3, -0.25) is 4.79 Å². The van der Waals surface area contributed by atoms with Gasteiger partial charge in [0, 0.05) is 23.5 Å². The third-order valence-electron chi connectivity index (χ3n) is 3.94. The topological polar surface area (TPSA) is 75.0 Å². The Morgan fingerprint density at radius 1 is 1.00 bits per heavy atom. The summed E-state index contributed by atoms with van der Waals surface area (Å²) in [6.07, 6.45) is 0.356. The Kier molecular flexibility index (Phi) is 5.75. The fourth-order valence-electron chi connectivity index (χ4n) is 2.56. The summed E-state index contributed by atoms with van der Waals surface area (Å²) in [4.78, 5) is 24.3. The third-order valence-corrected chi connectivity index (χ3v) is 3.94. The first-order valence-corrected chi connectivity index (χ1v) is 8.18. The lowest BCUT2D eigenvalue weighted by atomic mass is 9.85. The molecule has 0 fully saturated rings. The van der Waals surface area contributed by atoms with Crippen LogP contribution in [0, 0.1) is 5.41 Å². The Morgan fingerprint density at radius 3 is 2.19 bits per heavy atom. The lowest BCUT2D eigenvalue weighted by Gasteiger charge is -2.20. The van der Waals surface area contributed by atoms with Gasteiger partial charge < -0.3 is 18.6 Å². The first kappa shape index (κ1) is 19.6. The predicted molar refractivity (Wildman–Crippen MR) is 96.2 cm³/mol. The van der Waals surface area contributed by atoms with Gasteiger partial charge in [-0.15, -0.1) is 0 Å². The molecule has 0 amide bonds. The van der Waals surface area contributed by atoms with Gasteiger partial charge >= 0.3 is 5.97 Å². The number of ether oxygens (including phenoxy) is 3. The molecule has 1 aromatic heterocycles. The first-order valence-electron chi connectivity index (χ1n) is 8.18. The van der Waals surface area contributed by atoms with Gasteiger partial charge in [-0.25, -0.2) is 4.79 Å². The van der Waals surface area contributed by atoms with E-state index in [1.54, 1.807) is 31.4 Å². The van der Waals surface area contributed by atoms with E-state index in [1.165, 1.54) is 14.2 Å². The lowest BCUT2D eigenvalue weighted by molar-refractivity contribution is 0.0563. The molecule has 1 heterocycles. The monoisotopic (exact) mass is 360 g/mol. The fraction of sp³-hybridized carbons (Fsp3) is 0.400. The minimum absolute atomic E-state index is 0.0343. The predicted octanol–water partition coefficient (Wildman–Crippen LogP) is 3.90. The van der Waals surface area contributed by atoms with Gasteiger partial charge in [-0.2, -0.15) is 0 Å². The second kappa shape index (κ2) is 7.64. The van der Waals surface area contributed by atoms with Gasteiger partial charge in [0.25, 0.3) is 0 Å². The molecule has 140 valence electrons. The number of carbonyl (C=O) groups is 2. The number of Topliss-reactive ketones (excluding diaryl/α,β-unsaturated/α-hetero) is 1. The number of furan rings is 1. The molecule has 0 atom stereocenters. The molecule has 0 N–H and O–H groups in total. The highest BCUT2D eigenvalue weighted by Crippen LogP contribution is 2.34. The smallest absolute Gasteiger partial charge is 0.373 e. The number of hydrogen-bond donors (Lipinski definition) is 0. The Hall–Kier alpha value is -2.76. The first-order chi connectivity index (χ1) is 12.2. The van der Waals surface area contributed by atoms with E-state index in [-0.39, 0.29) is 11.5 Å². The second-order valence-electron chi connectivity index (χ2n) is 6.88. The van der Waals surface area contributed by atoms with Crippen molar-refractivity contribution in [2.75, 3.05) is 21.3 Å². The SMILES string of the molecule is COC(=O)c1ccc(Cc2cc(C(=O)C(C)(C)C)c(OC)cc2OC)o1. The van der Waals surface area contributed by atoms with Crippen LogP contribution in [0.4, 0.5) is 0 Å². The highest BCUT2D eigenvalue weighted by atomic mass is 16.5. The largest absolute Gasteiger partial charge is 0.496 e. The fourth-order valence-corrected chi connectivity index (χ4v) is 2.56. The summed E-state index contributed by atoms with van der Waals surface area (Å²) in [6.45, 7) is 5.57. The van der Waals surface area contributed by atoms with Crippen LogP contribution in [-0.4, -0.2) is 33.1 Å². The van der Waals surface area contributed by atoms with Crippen molar-refractivity contribution in [2.24, 2.45) is 5.41 Å². The van der Waals surface area contributed by atoms with Crippen molar-refractivity contribution in [3.63, 3.8) is 0 Å². The summed E-state index contributed by atoms with van der Waals surface area (Å²) < 4.78 is 21.0. The van der Waals surface area contributed by atoms with Crippen molar-refractivity contribution in [1.29, 1.82) is 0 Å². The highest BCUT2D eigenvalue weighted by molar-refractivity contribution is 6.02. The molecule has 0 aliphatic heterocycles. The van der Waals surface area contributed by atoms with Gasteiger partial charge in [0.15, 0.2) is 5.78 Å². The summed E-state index contributed by atoms with van der Waals surface area (Å²) in [5.74, 6) is 1.14. The van der Waals surface area contributed by atoms with Crippen LogP contribution in [-0.2, 0) is 11.2 Å². The Labute approximate surface area is 153 Å². The molecule has 0 bridgehead atoms. The van der Waals surface area contributed by atoms with Crippen LogP contribution in [0.5, 0.6) is 11.5 Å². The molecule has 0 radical (unpaired) electrons. The number of carbonyl (C=O) groups excluding carboxylic acids is 2. The maximum atomic E-state index is 12.8. The molecule has 26 heavy (non-hydrogen) atoms. The zero-order valence-corrected chi connectivity index (χ0v) is 16.0. The van der Waals surface area contributed by atoms with Crippen LogP contribution >= 0.6 is 0 Å². The van der Waals surface area contributed by atoms with Crippen molar-refractivity contribution in [3.05, 3.63) is 46.9 Å². The molecule has 2 aromatic rings. The molecule has 0 saturated carbocycles. The van der Waals surface area contributed by atoms with E-state index in [4.69, 9.17) is 13.9 Å². The van der Waals surface area contributed by atoms with Crippen molar-refractivity contribution >= 4 is 11.8 Å². The standard InChI is InChI=1S/C20H24O6/c1-20(2,3)18(21)14-10-12(16(23-4)11-17(14)24-5)9-13-7-8-15(26-13)19(22)25-6/h7-8,10-11H,9H2,1-6H3. The van der Waals surface area contributed by atoms with Crippen molar-refractivity contribution in [1.82, 2.24) is 0 Å². The normalized spacial score (nSPS) is 11.2. The van der Waals surface area contributed by atoms with Crippen LogP contribution in [0.3, 0.4) is 0 Å². The molecule has 2 rings (SSSR count). The molecule has 6 nitrogen and oxygen atoms in total. The Bertz CT molecular complexity index is 810. The molecule has 6 heteroatoms. The van der Waals surface area contributed by atoms with E-state index in [0.29, 0.717) is 29.2 Å². The van der Waals surface area contributed by atoms with Crippen LogP contribution in [0.25, 0.3) is 0 Å².